The van der Waals surface area contributed by atoms with Crippen molar-refractivity contribution in [2.45, 2.75) is 5.60 Å². The maximum absolute atomic E-state index is 9.93. The Labute approximate surface area is 79.0 Å². The van der Waals surface area contributed by atoms with Gasteiger partial charge in [0.15, 0.2) is 0 Å². The maximum atomic E-state index is 9.93. The second-order valence-electron chi connectivity index (χ2n) is 2.98. The van der Waals surface area contributed by atoms with E-state index in [0.29, 0.717) is 13.1 Å². The van der Waals surface area contributed by atoms with Gasteiger partial charge in [-0.15, -0.1) is 0 Å². The molecule has 0 unspecified atom stereocenters. The van der Waals surface area contributed by atoms with Crippen LogP contribution in [-0.2, 0) is 5.60 Å². The van der Waals surface area contributed by atoms with Crippen molar-refractivity contribution in [3.8, 4) is 0 Å². The molecule has 4 heteroatoms. The van der Waals surface area contributed by atoms with E-state index in [1.54, 1.807) is 6.20 Å². The van der Waals surface area contributed by atoms with Crippen LogP contribution < -0.4 is 5.32 Å². The Balaban J connectivity index is 2.39. The van der Waals surface area contributed by atoms with Gasteiger partial charge in [-0.05, 0) is 22.0 Å². The van der Waals surface area contributed by atoms with Crippen LogP contribution in [0.25, 0.3) is 0 Å². The van der Waals surface area contributed by atoms with E-state index in [1.807, 2.05) is 12.1 Å². The van der Waals surface area contributed by atoms with Gasteiger partial charge in [-0.25, -0.2) is 4.98 Å². The number of hydrogen-bond acceptors (Lipinski definition) is 3. The molecule has 2 rings (SSSR count). The molecule has 3 nitrogen and oxygen atoms in total. The molecular weight excluding hydrogens is 220 g/mol. The van der Waals surface area contributed by atoms with Crippen LogP contribution in [0, 0.1) is 0 Å². The van der Waals surface area contributed by atoms with Crippen LogP contribution in [0.15, 0.2) is 22.9 Å². The highest BCUT2D eigenvalue weighted by Crippen LogP contribution is 2.29. The Bertz CT molecular complexity index is 299. The van der Waals surface area contributed by atoms with Crippen LogP contribution in [0.4, 0.5) is 0 Å². The molecule has 0 saturated carbocycles. The lowest BCUT2D eigenvalue weighted by atomic mass is 9.90. The lowest BCUT2D eigenvalue weighted by Crippen LogP contribution is -2.56. The Morgan fingerprint density at radius 3 is 2.83 bits per heavy atom. The normalized spacial score (nSPS) is 20.2. The number of rotatable bonds is 1. The van der Waals surface area contributed by atoms with Crippen LogP contribution in [0.1, 0.15) is 5.56 Å². The van der Waals surface area contributed by atoms with Gasteiger partial charge in [0, 0.05) is 24.8 Å². The molecule has 2 heterocycles. The summed E-state index contributed by atoms with van der Waals surface area (Å²) in [6.07, 6.45) is 1.70. The zero-order valence-electron chi connectivity index (χ0n) is 6.42. The van der Waals surface area contributed by atoms with E-state index >= 15 is 0 Å². The summed E-state index contributed by atoms with van der Waals surface area (Å²) in [5, 5.41) is 13.0. The largest absolute Gasteiger partial charge is 0.382 e. The van der Waals surface area contributed by atoms with Crippen LogP contribution in [0.3, 0.4) is 0 Å². The van der Waals surface area contributed by atoms with Crippen molar-refractivity contribution in [1.82, 2.24) is 10.3 Å². The van der Waals surface area contributed by atoms with Gasteiger partial charge in [0.25, 0.3) is 0 Å². The number of aliphatic hydroxyl groups is 1. The monoisotopic (exact) mass is 228 g/mol. The topological polar surface area (TPSA) is 45.2 Å². The lowest BCUT2D eigenvalue weighted by Gasteiger charge is -2.38. The number of nitrogens with one attached hydrogen (secondary N) is 1. The fourth-order valence-corrected chi connectivity index (χ4v) is 1.90. The summed E-state index contributed by atoms with van der Waals surface area (Å²) in [4.78, 5) is 4.06. The third-order valence-electron chi connectivity index (χ3n) is 2.10. The molecule has 1 aromatic rings. The Hall–Kier alpha value is -0.450. The number of β-amino-alcohol motifs (C(OH)–C–C–N with tert-alkyl or cyclic N) is 1. The van der Waals surface area contributed by atoms with Gasteiger partial charge in [-0.2, -0.15) is 0 Å². The van der Waals surface area contributed by atoms with Gasteiger partial charge in [0.05, 0.1) is 0 Å². The molecule has 0 aliphatic carbocycles. The molecular formula is C8H9BrN2O. The molecule has 0 spiro atoms. The Morgan fingerprint density at radius 2 is 2.33 bits per heavy atom. The van der Waals surface area contributed by atoms with Crippen molar-refractivity contribution in [2.24, 2.45) is 0 Å². The molecule has 1 fully saturated rings. The first kappa shape index (κ1) is 8.16. The summed E-state index contributed by atoms with van der Waals surface area (Å²) in [5.74, 6) is 0. The van der Waals surface area contributed by atoms with E-state index in [9.17, 15) is 5.11 Å². The van der Waals surface area contributed by atoms with Crippen molar-refractivity contribution in [3.63, 3.8) is 0 Å². The molecule has 12 heavy (non-hydrogen) atoms. The molecule has 1 aliphatic rings. The number of pyridine rings is 1. The van der Waals surface area contributed by atoms with Gasteiger partial charge in [-0.3, -0.25) is 0 Å². The second-order valence-corrected chi connectivity index (χ2v) is 3.73. The molecule has 0 amide bonds. The summed E-state index contributed by atoms with van der Waals surface area (Å²) in [6, 6.07) is 3.72. The second kappa shape index (κ2) is 2.80. The van der Waals surface area contributed by atoms with Gasteiger partial charge in [0.2, 0.25) is 0 Å². The average Bonchev–Trinajstić information content (AvgIpc) is 2.01. The smallest absolute Gasteiger partial charge is 0.117 e. The van der Waals surface area contributed by atoms with Crippen LogP contribution in [-0.4, -0.2) is 23.2 Å². The molecule has 0 bridgehead atoms. The van der Waals surface area contributed by atoms with E-state index < -0.39 is 5.60 Å². The minimum Gasteiger partial charge on any atom is -0.382 e. The van der Waals surface area contributed by atoms with Crippen molar-refractivity contribution in [3.05, 3.63) is 28.5 Å². The van der Waals surface area contributed by atoms with Crippen molar-refractivity contribution in [1.29, 1.82) is 0 Å². The molecule has 2 N–H and O–H groups in total. The van der Waals surface area contributed by atoms with Crippen molar-refractivity contribution in [2.75, 3.05) is 13.1 Å². The van der Waals surface area contributed by atoms with Crippen LogP contribution in [0.2, 0.25) is 0 Å². The maximum Gasteiger partial charge on any atom is 0.117 e. The predicted octanol–water partition coefficient (Wildman–Crippen LogP) is 0.635. The minimum absolute atomic E-state index is 0.608. The summed E-state index contributed by atoms with van der Waals surface area (Å²) in [7, 11) is 0. The highest BCUT2D eigenvalue weighted by Gasteiger charge is 2.37. The van der Waals surface area contributed by atoms with E-state index in [2.05, 4.69) is 26.2 Å². The van der Waals surface area contributed by atoms with Gasteiger partial charge in [0.1, 0.15) is 10.2 Å². The zero-order valence-corrected chi connectivity index (χ0v) is 8.00. The van der Waals surface area contributed by atoms with Gasteiger partial charge >= 0.3 is 0 Å². The van der Waals surface area contributed by atoms with E-state index in [0.717, 1.165) is 10.2 Å². The molecule has 64 valence electrons. The first-order chi connectivity index (χ1) is 5.72. The minimum atomic E-state index is -0.715. The number of hydrogen-bond donors (Lipinski definition) is 2. The summed E-state index contributed by atoms with van der Waals surface area (Å²) < 4.78 is 0.731. The van der Waals surface area contributed by atoms with Crippen molar-refractivity contribution < 1.29 is 5.11 Å². The fraction of sp³-hybridized carbons (Fsp3) is 0.375. The third kappa shape index (κ3) is 1.16. The lowest BCUT2D eigenvalue weighted by molar-refractivity contribution is -0.0156. The number of halogens is 1. The van der Waals surface area contributed by atoms with E-state index in [4.69, 9.17) is 0 Å². The molecule has 1 aromatic heterocycles. The zero-order chi connectivity index (χ0) is 8.60. The van der Waals surface area contributed by atoms with Crippen LogP contribution in [0.5, 0.6) is 0 Å². The number of nitrogens with zero attached hydrogens (tertiary/aromatic N) is 1. The predicted molar refractivity (Wildman–Crippen MR) is 48.7 cm³/mol. The van der Waals surface area contributed by atoms with Gasteiger partial charge in [-0.1, -0.05) is 6.07 Å². The molecule has 1 saturated heterocycles. The summed E-state index contributed by atoms with van der Waals surface area (Å²) in [5.41, 5.74) is 0.149. The molecule has 0 aromatic carbocycles. The Kier molecular flexibility index (Phi) is 1.90. The fourth-order valence-electron chi connectivity index (χ4n) is 1.29. The highest BCUT2D eigenvalue weighted by atomic mass is 79.9. The standard InChI is InChI=1S/C8H9BrN2O/c9-7-6(2-1-3-11-7)8(12)4-10-5-8/h1-3,10,12H,4-5H2. The van der Waals surface area contributed by atoms with E-state index in [-0.39, 0.29) is 0 Å². The van der Waals surface area contributed by atoms with Gasteiger partial charge < -0.3 is 10.4 Å². The molecule has 1 aliphatic heterocycles. The summed E-state index contributed by atoms with van der Waals surface area (Å²) >= 11 is 3.31. The highest BCUT2D eigenvalue weighted by molar-refractivity contribution is 9.10. The first-order valence-electron chi connectivity index (χ1n) is 3.76. The Morgan fingerprint density at radius 1 is 1.58 bits per heavy atom. The average molecular weight is 229 g/mol. The van der Waals surface area contributed by atoms with Crippen molar-refractivity contribution >= 4 is 15.9 Å². The quantitative estimate of drug-likeness (QED) is 0.694. The molecule has 0 radical (unpaired) electrons. The van der Waals surface area contributed by atoms with E-state index in [1.165, 1.54) is 0 Å². The van der Waals surface area contributed by atoms with Crippen LogP contribution >= 0.6 is 15.9 Å². The first-order valence-corrected chi connectivity index (χ1v) is 4.56. The SMILES string of the molecule is OC1(c2cccnc2Br)CNC1. The number of aromatic nitrogens is 1. The molecule has 0 atom stereocenters. The summed E-state index contributed by atoms with van der Waals surface area (Å²) in [6.45, 7) is 1.22. The third-order valence-corrected chi connectivity index (χ3v) is 2.73.